The van der Waals surface area contributed by atoms with E-state index < -0.39 is 40.5 Å². The first-order valence-corrected chi connectivity index (χ1v) is 12.1. The molecule has 3 rings (SSSR count). The van der Waals surface area contributed by atoms with Gasteiger partial charge in [-0.2, -0.15) is 4.31 Å². The number of urea groups is 1. The molecule has 2 N–H and O–H groups in total. The standard InChI is InChI=1S/C20H21Cl2N3O7S/c21-15-4-1-5-16(22)18(15)33(29,30)25-8-6-13(7-9-25)19(27)32-12-17(26)24-20(28)23-11-14-3-2-10-31-14/h1-5,10,13H,6-9,11-12H2,(H2,23,24,26,28). The Bertz CT molecular complexity index is 1090. The van der Waals surface area contributed by atoms with E-state index in [9.17, 15) is 22.8 Å². The van der Waals surface area contributed by atoms with E-state index in [0.29, 0.717) is 5.76 Å². The molecule has 1 aromatic heterocycles. The lowest BCUT2D eigenvalue weighted by molar-refractivity contribution is -0.153. The number of hydrogen-bond acceptors (Lipinski definition) is 7. The summed E-state index contributed by atoms with van der Waals surface area (Å²) in [5.41, 5.74) is 0. The van der Waals surface area contributed by atoms with Gasteiger partial charge in [-0.25, -0.2) is 13.2 Å². The van der Waals surface area contributed by atoms with E-state index in [0.717, 1.165) is 0 Å². The third-order valence-electron chi connectivity index (χ3n) is 4.91. The normalized spacial score (nSPS) is 15.1. The Labute approximate surface area is 200 Å². The number of piperidine rings is 1. The average Bonchev–Trinajstić information content (AvgIpc) is 3.29. The lowest BCUT2D eigenvalue weighted by Gasteiger charge is -2.30. The van der Waals surface area contributed by atoms with Crippen LogP contribution in [0.15, 0.2) is 45.9 Å². The van der Waals surface area contributed by atoms with Crippen molar-refractivity contribution in [2.24, 2.45) is 5.92 Å². The molecule has 2 aromatic rings. The van der Waals surface area contributed by atoms with Crippen LogP contribution in [0.4, 0.5) is 4.79 Å². The molecule has 0 unspecified atom stereocenters. The molecule has 0 bridgehead atoms. The van der Waals surface area contributed by atoms with Gasteiger partial charge in [0.15, 0.2) is 6.61 Å². The van der Waals surface area contributed by atoms with Crippen LogP contribution in [0.25, 0.3) is 0 Å². The maximum atomic E-state index is 12.9. The fourth-order valence-corrected chi connectivity index (χ4v) is 5.79. The van der Waals surface area contributed by atoms with E-state index in [-0.39, 0.29) is 47.4 Å². The maximum absolute atomic E-state index is 12.9. The van der Waals surface area contributed by atoms with Gasteiger partial charge in [-0.05, 0) is 37.1 Å². The zero-order valence-corrected chi connectivity index (χ0v) is 19.6. The minimum Gasteiger partial charge on any atom is -0.467 e. The SMILES string of the molecule is O=C(COC(=O)C1CCN(S(=O)(=O)c2c(Cl)cccc2Cl)CC1)NC(=O)NCc1ccco1. The van der Waals surface area contributed by atoms with Crippen LogP contribution < -0.4 is 10.6 Å². The predicted octanol–water partition coefficient (Wildman–Crippen LogP) is 2.56. The zero-order chi connectivity index (χ0) is 24.0. The number of sulfonamides is 1. The number of hydrogen-bond donors (Lipinski definition) is 2. The minimum absolute atomic E-state index is 0.0169. The Morgan fingerprint density at radius 3 is 2.36 bits per heavy atom. The number of carbonyl (C=O) groups is 3. The molecule has 0 aliphatic carbocycles. The zero-order valence-electron chi connectivity index (χ0n) is 17.3. The van der Waals surface area contributed by atoms with Gasteiger partial charge in [0.2, 0.25) is 10.0 Å². The fraction of sp³-hybridized carbons (Fsp3) is 0.350. The van der Waals surface area contributed by atoms with Gasteiger partial charge in [-0.3, -0.25) is 14.9 Å². The van der Waals surface area contributed by atoms with Gasteiger partial charge >= 0.3 is 12.0 Å². The van der Waals surface area contributed by atoms with E-state index in [1.165, 1.54) is 22.7 Å². The number of carbonyl (C=O) groups excluding carboxylic acids is 3. The van der Waals surface area contributed by atoms with Gasteiger partial charge in [0.05, 0.1) is 28.8 Å². The van der Waals surface area contributed by atoms with E-state index in [4.69, 9.17) is 32.4 Å². The Balaban J connectivity index is 1.43. The van der Waals surface area contributed by atoms with Gasteiger partial charge in [-0.1, -0.05) is 29.3 Å². The van der Waals surface area contributed by atoms with Gasteiger partial charge < -0.3 is 14.5 Å². The van der Waals surface area contributed by atoms with Crippen LogP contribution in [0.2, 0.25) is 10.0 Å². The highest BCUT2D eigenvalue weighted by molar-refractivity contribution is 7.89. The van der Waals surface area contributed by atoms with Crippen LogP contribution in [0.5, 0.6) is 0 Å². The Morgan fingerprint density at radius 1 is 1.09 bits per heavy atom. The highest BCUT2D eigenvalue weighted by atomic mass is 35.5. The molecule has 33 heavy (non-hydrogen) atoms. The molecule has 1 aliphatic rings. The second-order valence-electron chi connectivity index (χ2n) is 7.15. The lowest BCUT2D eigenvalue weighted by atomic mass is 9.98. The van der Waals surface area contributed by atoms with Crippen LogP contribution in [-0.4, -0.2) is 50.3 Å². The number of esters is 1. The molecular weight excluding hydrogens is 497 g/mol. The first-order chi connectivity index (χ1) is 15.7. The van der Waals surface area contributed by atoms with Gasteiger partial charge in [-0.15, -0.1) is 0 Å². The second kappa shape index (κ2) is 11.0. The molecule has 0 radical (unpaired) electrons. The molecule has 178 valence electrons. The lowest BCUT2D eigenvalue weighted by Crippen LogP contribution is -2.43. The van der Waals surface area contributed by atoms with Gasteiger partial charge in [0.1, 0.15) is 10.7 Å². The summed E-state index contributed by atoms with van der Waals surface area (Å²) in [6.07, 6.45) is 1.85. The van der Waals surface area contributed by atoms with Crippen molar-refractivity contribution < 1.29 is 32.0 Å². The maximum Gasteiger partial charge on any atom is 0.321 e. The second-order valence-corrected chi connectivity index (χ2v) is 9.84. The molecule has 1 aliphatic heterocycles. The molecule has 1 aromatic carbocycles. The topological polar surface area (TPSA) is 135 Å². The van der Waals surface area contributed by atoms with Crippen LogP contribution in [-0.2, 0) is 30.9 Å². The monoisotopic (exact) mass is 517 g/mol. The van der Waals surface area contributed by atoms with Crippen molar-refractivity contribution in [1.82, 2.24) is 14.9 Å². The van der Waals surface area contributed by atoms with Crippen molar-refractivity contribution in [3.8, 4) is 0 Å². The Hall–Kier alpha value is -2.60. The van der Waals surface area contributed by atoms with Crippen molar-refractivity contribution in [1.29, 1.82) is 0 Å². The van der Waals surface area contributed by atoms with E-state index in [1.54, 1.807) is 18.2 Å². The number of halogens is 2. The number of furan rings is 1. The smallest absolute Gasteiger partial charge is 0.321 e. The number of nitrogens with one attached hydrogen (secondary N) is 2. The van der Waals surface area contributed by atoms with Crippen molar-refractivity contribution >= 4 is 51.1 Å². The highest BCUT2D eigenvalue weighted by Gasteiger charge is 2.35. The summed E-state index contributed by atoms with van der Waals surface area (Å²) in [5.74, 6) is -1.52. The quantitative estimate of drug-likeness (QED) is 0.538. The molecule has 0 atom stereocenters. The number of benzene rings is 1. The van der Waals surface area contributed by atoms with Gasteiger partial charge in [0, 0.05) is 13.1 Å². The minimum atomic E-state index is -3.93. The largest absolute Gasteiger partial charge is 0.467 e. The molecule has 1 fully saturated rings. The van der Waals surface area contributed by atoms with Gasteiger partial charge in [0.25, 0.3) is 5.91 Å². The van der Waals surface area contributed by atoms with Crippen molar-refractivity contribution in [2.75, 3.05) is 19.7 Å². The first-order valence-electron chi connectivity index (χ1n) is 9.89. The summed E-state index contributed by atoms with van der Waals surface area (Å²) in [7, 11) is -3.93. The number of imide groups is 1. The third kappa shape index (κ3) is 6.47. The molecule has 2 heterocycles. The summed E-state index contributed by atoms with van der Waals surface area (Å²) in [6, 6.07) is 6.98. The van der Waals surface area contributed by atoms with Crippen molar-refractivity contribution in [3.63, 3.8) is 0 Å². The number of ether oxygens (including phenoxy) is 1. The fourth-order valence-electron chi connectivity index (χ4n) is 3.23. The molecule has 0 saturated carbocycles. The molecule has 10 nitrogen and oxygen atoms in total. The summed E-state index contributed by atoms with van der Waals surface area (Å²) in [4.78, 5) is 35.6. The summed E-state index contributed by atoms with van der Waals surface area (Å²) >= 11 is 12.1. The van der Waals surface area contributed by atoms with Crippen LogP contribution in [0, 0.1) is 5.92 Å². The summed E-state index contributed by atoms with van der Waals surface area (Å²) < 4.78 is 37.0. The predicted molar refractivity (Wildman–Crippen MR) is 118 cm³/mol. The van der Waals surface area contributed by atoms with Crippen LogP contribution in [0.3, 0.4) is 0 Å². The first kappa shape index (κ1) is 25.0. The average molecular weight is 518 g/mol. The molecule has 0 spiro atoms. The van der Waals surface area contributed by atoms with E-state index in [1.807, 2.05) is 5.32 Å². The highest BCUT2D eigenvalue weighted by Crippen LogP contribution is 2.33. The molecule has 13 heteroatoms. The number of amides is 3. The summed E-state index contributed by atoms with van der Waals surface area (Å²) in [6.45, 7) is -0.427. The molecule has 3 amide bonds. The van der Waals surface area contributed by atoms with E-state index in [2.05, 4.69) is 5.32 Å². The Morgan fingerprint density at radius 2 is 1.76 bits per heavy atom. The third-order valence-corrected chi connectivity index (χ3v) is 7.76. The molecule has 1 saturated heterocycles. The van der Waals surface area contributed by atoms with E-state index >= 15 is 0 Å². The van der Waals surface area contributed by atoms with Crippen LogP contribution >= 0.6 is 23.2 Å². The Kier molecular flexibility index (Phi) is 8.35. The number of nitrogens with zero attached hydrogens (tertiary/aromatic N) is 1. The molecular formula is C20H21Cl2N3O7S. The summed E-state index contributed by atoms with van der Waals surface area (Å²) in [5, 5.41) is 4.49. The van der Waals surface area contributed by atoms with Crippen LogP contribution in [0.1, 0.15) is 18.6 Å². The van der Waals surface area contributed by atoms with Crippen molar-refractivity contribution in [3.05, 3.63) is 52.4 Å². The van der Waals surface area contributed by atoms with Crippen molar-refractivity contribution in [2.45, 2.75) is 24.3 Å². The number of rotatable bonds is 7.